The van der Waals surface area contributed by atoms with Crippen LogP contribution >= 0.6 is 0 Å². The van der Waals surface area contributed by atoms with Gasteiger partial charge in [-0.2, -0.15) is 9.97 Å². The lowest BCUT2D eigenvalue weighted by atomic mass is 9.95. The summed E-state index contributed by atoms with van der Waals surface area (Å²) in [5.41, 5.74) is 0.416. The Balaban J connectivity index is 1.15. The number of fused-ring (bicyclic) bond motifs is 3. The van der Waals surface area contributed by atoms with Crippen LogP contribution < -0.4 is 24.0 Å². The average Bonchev–Trinajstić information content (AvgIpc) is 4.03. The Bertz CT molecular complexity index is 2690. The quantitative estimate of drug-likeness (QED) is 0.110. The molecule has 3 atom stereocenters. The van der Waals surface area contributed by atoms with Crippen molar-refractivity contribution in [2.75, 3.05) is 63.9 Å². The molecule has 1 amide bonds. The molecule has 3 fully saturated rings. The molecule has 0 aliphatic carbocycles. The van der Waals surface area contributed by atoms with Gasteiger partial charge < -0.3 is 33.6 Å². The molecule has 0 radical (unpaired) electrons. The highest BCUT2D eigenvalue weighted by atomic mass is 19.1. The number of carbonyl (C=O) groups excluding carboxylic acids is 1. The number of likely N-dealkylation sites (N-methyl/N-ethyl adjacent to an activating group) is 1. The molecule has 6 aromatic rings. The van der Waals surface area contributed by atoms with Crippen LogP contribution in [-0.4, -0.2) is 113 Å². The first-order chi connectivity index (χ1) is 31.7. The molecule has 3 aromatic heterocycles. The molecular formula is C50H55F3N8O5. The van der Waals surface area contributed by atoms with Crippen LogP contribution in [0.3, 0.4) is 0 Å². The lowest BCUT2D eigenvalue weighted by molar-refractivity contribution is 0.0292. The summed E-state index contributed by atoms with van der Waals surface area (Å²) in [7, 11) is 5.06. The second kappa shape index (κ2) is 18.1. The molecule has 9 rings (SSSR count). The number of alkyl halides is 1. The second-order valence-electron chi connectivity index (χ2n) is 18.6. The van der Waals surface area contributed by atoms with Gasteiger partial charge in [-0.05, 0) is 99.5 Å². The number of halogens is 3. The molecule has 66 heavy (non-hydrogen) atoms. The largest absolute Gasteiger partial charge is 0.497 e. The van der Waals surface area contributed by atoms with Crippen LogP contribution in [0, 0.1) is 11.6 Å². The fourth-order valence-corrected chi connectivity index (χ4v) is 9.60. The van der Waals surface area contributed by atoms with E-state index in [1.807, 2.05) is 86.1 Å². The van der Waals surface area contributed by atoms with E-state index in [-0.39, 0.29) is 46.3 Å². The van der Waals surface area contributed by atoms with Gasteiger partial charge in [0.05, 0.1) is 25.1 Å². The van der Waals surface area contributed by atoms with E-state index in [1.54, 1.807) is 37.3 Å². The van der Waals surface area contributed by atoms with Crippen molar-refractivity contribution in [2.24, 2.45) is 0 Å². The zero-order chi connectivity index (χ0) is 46.3. The minimum absolute atomic E-state index is 0.00493. The fraction of sp³-hybridized carbons (Fsp3) is 0.420. The lowest BCUT2D eigenvalue weighted by Crippen LogP contribution is -2.43. The Hall–Kier alpha value is -6.42. The first-order valence-electron chi connectivity index (χ1n) is 22.4. The predicted molar refractivity (Wildman–Crippen MR) is 247 cm³/mol. The number of hydrogen-bond donors (Lipinski definition) is 0. The summed E-state index contributed by atoms with van der Waals surface area (Å²) in [5, 5.41) is 0.879. The second-order valence-corrected chi connectivity index (χ2v) is 18.6. The van der Waals surface area contributed by atoms with Gasteiger partial charge in [-0.1, -0.05) is 36.4 Å². The molecule has 13 nitrogen and oxygen atoms in total. The number of anilines is 2. The Labute approximate surface area is 382 Å². The van der Waals surface area contributed by atoms with Gasteiger partial charge in [0, 0.05) is 63.8 Å². The zero-order valence-corrected chi connectivity index (χ0v) is 38.2. The van der Waals surface area contributed by atoms with Crippen LogP contribution in [0.25, 0.3) is 33.1 Å². The standard InChI is InChI=1S/C50H55F3N8O5/c1-49(2,3)66-48(62)59-22-19-35(29-59)58(4)46-38-25-54-45(42(53)43(38)56-47(57-46)65-30-50-20-8-21-61(50)28-34(51)24-50)44-41-33(9-7-10-39(41)52)23-40(55-44)60(26-31-11-15-36(63-5)16-12-31)27-32-13-17-37(64-6)18-14-32/h7,9-18,23,25,34-35H,8,19-22,24,26-30H2,1-6H3/t34-,35-,50+/m1/s1. The molecule has 0 N–H and O–H groups in total. The highest BCUT2D eigenvalue weighted by Gasteiger charge is 2.49. The summed E-state index contributed by atoms with van der Waals surface area (Å²) >= 11 is 0. The number of likely N-dealkylation sites (tertiary alicyclic amines) is 1. The number of ether oxygens (including phenoxy) is 4. The Morgan fingerprint density at radius 1 is 0.894 bits per heavy atom. The van der Waals surface area contributed by atoms with E-state index < -0.39 is 35.0 Å². The van der Waals surface area contributed by atoms with Crippen molar-refractivity contribution < 1.29 is 36.9 Å². The van der Waals surface area contributed by atoms with Crippen molar-refractivity contribution in [3.63, 3.8) is 0 Å². The summed E-state index contributed by atoms with van der Waals surface area (Å²) in [6.07, 6.45) is 2.68. The Kier molecular flexibility index (Phi) is 12.3. The molecule has 0 bridgehead atoms. The zero-order valence-electron chi connectivity index (χ0n) is 38.2. The maximum Gasteiger partial charge on any atom is 0.410 e. The van der Waals surface area contributed by atoms with Gasteiger partial charge in [-0.25, -0.2) is 22.9 Å². The van der Waals surface area contributed by atoms with Gasteiger partial charge in [0.15, 0.2) is 5.82 Å². The van der Waals surface area contributed by atoms with Gasteiger partial charge in [0.1, 0.15) is 64.2 Å². The third-order valence-corrected chi connectivity index (χ3v) is 13.0. The third-order valence-electron chi connectivity index (χ3n) is 13.0. The summed E-state index contributed by atoms with van der Waals surface area (Å²) in [6.45, 7) is 8.27. The molecule has 3 aromatic carbocycles. The first-order valence-corrected chi connectivity index (χ1v) is 22.4. The Morgan fingerprint density at radius 3 is 2.26 bits per heavy atom. The number of methoxy groups -OCH3 is 2. The average molecular weight is 905 g/mol. The minimum Gasteiger partial charge on any atom is -0.497 e. The highest BCUT2D eigenvalue weighted by molar-refractivity contribution is 5.99. The van der Waals surface area contributed by atoms with E-state index in [1.165, 1.54) is 12.3 Å². The van der Waals surface area contributed by atoms with Crippen molar-refractivity contribution in [2.45, 2.75) is 82.9 Å². The molecule has 346 valence electrons. The number of benzene rings is 3. The van der Waals surface area contributed by atoms with Crippen molar-refractivity contribution in [1.82, 2.24) is 29.7 Å². The van der Waals surface area contributed by atoms with Crippen molar-refractivity contribution in [1.29, 1.82) is 0 Å². The predicted octanol–water partition coefficient (Wildman–Crippen LogP) is 9.14. The summed E-state index contributed by atoms with van der Waals surface area (Å²) < 4.78 is 71.6. The number of nitrogens with zero attached hydrogens (tertiary/aromatic N) is 8. The third kappa shape index (κ3) is 9.07. The van der Waals surface area contributed by atoms with Crippen LogP contribution in [0.2, 0.25) is 0 Å². The Morgan fingerprint density at radius 2 is 1.59 bits per heavy atom. The van der Waals surface area contributed by atoms with Crippen molar-refractivity contribution in [3.8, 4) is 28.9 Å². The van der Waals surface area contributed by atoms with Gasteiger partial charge in [-0.3, -0.25) is 9.88 Å². The van der Waals surface area contributed by atoms with Crippen molar-refractivity contribution in [3.05, 3.63) is 102 Å². The molecule has 16 heteroatoms. The molecular weight excluding hydrogens is 850 g/mol. The first kappa shape index (κ1) is 44.8. The maximum atomic E-state index is 17.8. The number of hydrogen-bond acceptors (Lipinski definition) is 12. The van der Waals surface area contributed by atoms with Gasteiger partial charge in [0.2, 0.25) is 0 Å². The molecule has 0 spiro atoms. The number of carbonyl (C=O) groups is 1. The maximum absolute atomic E-state index is 17.8. The topological polar surface area (TPSA) is 119 Å². The molecule has 3 saturated heterocycles. The molecule has 3 aliphatic heterocycles. The van der Waals surface area contributed by atoms with Crippen LogP contribution in [0.1, 0.15) is 57.6 Å². The molecule has 0 unspecified atom stereocenters. The number of pyridine rings is 2. The van der Waals surface area contributed by atoms with E-state index in [2.05, 4.69) is 14.9 Å². The van der Waals surface area contributed by atoms with E-state index in [9.17, 15) is 9.18 Å². The minimum atomic E-state index is -0.976. The smallest absolute Gasteiger partial charge is 0.410 e. The van der Waals surface area contributed by atoms with Crippen LogP contribution in [0.15, 0.2) is 79.0 Å². The number of amides is 1. The van der Waals surface area contributed by atoms with Crippen molar-refractivity contribution >= 4 is 39.4 Å². The van der Waals surface area contributed by atoms with Crippen LogP contribution in [-0.2, 0) is 17.8 Å². The van der Waals surface area contributed by atoms with Gasteiger partial charge in [-0.15, -0.1) is 0 Å². The highest BCUT2D eigenvalue weighted by Crippen LogP contribution is 2.42. The molecule has 3 aliphatic rings. The fourth-order valence-electron chi connectivity index (χ4n) is 9.60. The lowest BCUT2D eigenvalue weighted by Gasteiger charge is -2.31. The van der Waals surface area contributed by atoms with E-state index in [0.717, 1.165) is 30.5 Å². The van der Waals surface area contributed by atoms with Crippen LogP contribution in [0.4, 0.5) is 29.6 Å². The number of aromatic nitrogens is 4. The molecule has 0 saturated carbocycles. The SMILES string of the molecule is COc1ccc(CN(Cc2ccc(OC)cc2)c2cc3cccc(F)c3c(-c3ncc4c(N(C)[C@@H]5CCN(C(=O)OC(C)(C)C)C5)nc(OC[C@@]56CCCN5C[C@H](F)C6)nc4c3F)n2)cc1. The van der Waals surface area contributed by atoms with Crippen LogP contribution in [0.5, 0.6) is 17.5 Å². The summed E-state index contributed by atoms with van der Waals surface area (Å²) in [4.78, 5) is 40.1. The van der Waals surface area contributed by atoms with E-state index in [0.29, 0.717) is 74.1 Å². The summed E-state index contributed by atoms with van der Waals surface area (Å²) in [5.74, 6) is 0.789. The number of rotatable bonds is 13. The summed E-state index contributed by atoms with van der Waals surface area (Å²) in [6, 6.07) is 21.6. The monoisotopic (exact) mass is 904 g/mol. The van der Waals surface area contributed by atoms with E-state index >= 15 is 8.78 Å². The van der Waals surface area contributed by atoms with Gasteiger partial charge in [0.25, 0.3) is 0 Å². The normalized spacial score (nSPS) is 19.6. The van der Waals surface area contributed by atoms with E-state index in [4.69, 9.17) is 28.9 Å². The van der Waals surface area contributed by atoms with Gasteiger partial charge >= 0.3 is 12.1 Å². The molecule has 6 heterocycles.